The second-order valence-corrected chi connectivity index (χ2v) is 6.86. The van der Waals surface area contributed by atoms with Crippen LogP contribution in [0, 0.1) is 5.92 Å². The van der Waals surface area contributed by atoms with Crippen LogP contribution in [0.2, 0.25) is 0 Å². The Labute approximate surface area is 156 Å². The van der Waals surface area contributed by atoms with E-state index in [-0.39, 0.29) is 11.6 Å². The van der Waals surface area contributed by atoms with Gasteiger partial charge in [-0.25, -0.2) is 19.1 Å². The molecule has 2 amide bonds. The lowest BCUT2D eigenvalue weighted by Crippen LogP contribution is -2.50. The third kappa shape index (κ3) is 4.00. The van der Waals surface area contributed by atoms with Gasteiger partial charge in [-0.05, 0) is 24.8 Å². The molecule has 0 saturated carbocycles. The summed E-state index contributed by atoms with van der Waals surface area (Å²) in [5, 5.41) is 8.45. The second-order valence-electron chi connectivity index (χ2n) is 6.86. The van der Waals surface area contributed by atoms with Crippen LogP contribution in [0.4, 0.5) is 4.79 Å². The maximum Gasteiger partial charge on any atom is 0.320 e. The van der Waals surface area contributed by atoms with Crippen molar-refractivity contribution in [3.05, 3.63) is 35.1 Å². The highest BCUT2D eigenvalue weighted by molar-refractivity contribution is 5.74. The Kier molecular flexibility index (Phi) is 5.14. The number of carbonyl (C=O) groups is 1. The van der Waals surface area contributed by atoms with Crippen LogP contribution in [0.15, 0.2) is 29.6 Å². The van der Waals surface area contributed by atoms with E-state index in [2.05, 4.69) is 15.2 Å². The van der Waals surface area contributed by atoms with Gasteiger partial charge in [-0.3, -0.25) is 4.79 Å². The first-order valence-electron chi connectivity index (χ1n) is 9.25. The minimum absolute atomic E-state index is 0.0974. The van der Waals surface area contributed by atoms with Gasteiger partial charge in [-0.1, -0.05) is 0 Å². The number of hydrogen-bond donors (Lipinski definition) is 0. The molecule has 0 spiro atoms. The average Bonchev–Trinajstić information content (AvgIpc) is 3.25. The predicted molar refractivity (Wildman–Crippen MR) is 95.5 cm³/mol. The molecule has 0 aromatic carbocycles. The summed E-state index contributed by atoms with van der Waals surface area (Å²) in [6.07, 6.45) is 4.70. The van der Waals surface area contributed by atoms with Crippen LogP contribution >= 0.6 is 0 Å². The summed E-state index contributed by atoms with van der Waals surface area (Å²) < 4.78 is 8.32. The normalized spacial score (nSPS) is 18.7. The van der Waals surface area contributed by atoms with Gasteiger partial charge in [0, 0.05) is 38.8 Å². The van der Waals surface area contributed by atoms with E-state index < -0.39 is 0 Å². The molecule has 2 aromatic heterocycles. The van der Waals surface area contributed by atoms with Crippen molar-refractivity contribution in [1.29, 1.82) is 0 Å². The highest BCUT2D eigenvalue weighted by atomic mass is 16.5. The van der Waals surface area contributed by atoms with Gasteiger partial charge in [-0.15, -0.1) is 5.10 Å². The molecule has 2 aromatic rings. The molecule has 0 aliphatic carbocycles. The number of ether oxygens (including phenoxy) is 1. The fraction of sp³-hybridized carbons (Fsp3) is 0.588. The molecule has 2 fully saturated rings. The zero-order chi connectivity index (χ0) is 18.6. The number of morpholine rings is 1. The molecule has 0 atom stereocenters. The van der Waals surface area contributed by atoms with Gasteiger partial charge in [-0.2, -0.15) is 5.10 Å². The molecule has 4 rings (SSSR count). The van der Waals surface area contributed by atoms with Crippen LogP contribution in [0.1, 0.15) is 12.8 Å². The SMILES string of the molecule is O=C(N1CCOCC1)N1CCC(Cn2nc(-n3cncn3)ccc2=O)CC1. The van der Waals surface area contributed by atoms with E-state index in [0.29, 0.717) is 57.7 Å². The minimum Gasteiger partial charge on any atom is -0.378 e. The van der Waals surface area contributed by atoms with E-state index in [4.69, 9.17) is 4.74 Å². The number of urea groups is 1. The summed E-state index contributed by atoms with van der Waals surface area (Å²) >= 11 is 0. The fourth-order valence-electron chi connectivity index (χ4n) is 3.52. The zero-order valence-electron chi connectivity index (χ0n) is 15.1. The van der Waals surface area contributed by atoms with Crippen LogP contribution in [0.3, 0.4) is 0 Å². The molecular weight excluding hydrogens is 350 g/mol. The quantitative estimate of drug-likeness (QED) is 0.750. The zero-order valence-corrected chi connectivity index (χ0v) is 15.1. The molecule has 144 valence electrons. The molecule has 0 N–H and O–H groups in total. The van der Waals surface area contributed by atoms with Gasteiger partial charge in [0.15, 0.2) is 5.82 Å². The maximum atomic E-state index is 12.6. The number of nitrogens with zero attached hydrogens (tertiary/aromatic N) is 7. The van der Waals surface area contributed by atoms with E-state index in [9.17, 15) is 9.59 Å². The molecule has 4 heterocycles. The minimum atomic E-state index is -0.134. The lowest BCUT2D eigenvalue weighted by Gasteiger charge is -2.37. The number of likely N-dealkylation sites (tertiary alicyclic amines) is 1. The number of carbonyl (C=O) groups excluding carboxylic acids is 1. The first kappa shape index (κ1) is 17.7. The van der Waals surface area contributed by atoms with Gasteiger partial charge in [0.25, 0.3) is 5.56 Å². The van der Waals surface area contributed by atoms with Crippen LogP contribution < -0.4 is 5.56 Å². The van der Waals surface area contributed by atoms with E-state index in [0.717, 1.165) is 12.8 Å². The van der Waals surface area contributed by atoms with Crippen molar-refractivity contribution in [3.63, 3.8) is 0 Å². The highest BCUT2D eigenvalue weighted by Gasteiger charge is 2.27. The molecule has 2 aliphatic heterocycles. The smallest absolute Gasteiger partial charge is 0.320 e. The Morgan fingerprint density at radius 2 is 1.85 bits per heavy atom. The van der Waals surface area contributed by atoms with Gasteiger partial charge < -0.3 is 14.5 Å². The summed E-state index contributed by atoms with van der Waals surface area (Å²) in [7, 11) is 0. The Bertz CT molecular complexity index is 821. The van der Waals surface area contributed by atoms with Crippen molar-refractivity contribution in [1.82, 2.24) is 34.3 Å². The van der Waals surface area contributed by atoms with E-state index in [1.54, 1.807) is 12.4 Å². The molecule has 2 saturated heterocycles. The monoisotopic (exact) mass is 373 g/mol. The maximum absolute atomic E-state index is 12.6. The highest BCUT2D eigenvalue weighted by Crippen LogP contribution is 2.20. The molecule has 27 heavy (non-hydrogen) atoms. The first-order chi connectivity index (χ1) is 13.2. The number of rotatable bonds is 3. The molecule has 2 aliphatic rings. The lowest BCUT2D eigenvalue weighted by atomic mass is 9.97. The Balaban J connectivity index is 1.36. The summed E-state index contributed by atoms with van der Waals surface area (Å²) in [5.41, 5.74) is -0.134. The fourth-order valence-corrected chi connectivity index (χ4v) is 3.52. The Morgan fingerprint density at radius 1 is 1.11 bits per heavy atom. The predicted octanol–water partition coefficient (Wildman–Crippen LogP) is -0.0118. The van der Waals surface area contributed by atoms with Crippen molar-refractivity contribution in [2.24, 2.45) is 5.92 Å². The third-order valence-corrected chi connectivity index (χ3v) is 5.10. The molecular formula is C17H23N7O3. The van der Waals surface area contributed by atoms with Gasteiger partial charge in [0.2, 0.25) is 0 Å². The number of hydrogen-bond acceptors (Lipinski definition) is 6. The number of amides is 2. The van der Waals surface area contributed by atoms with Crippen molar-refractivity contribution in [2.45, 2.75) is 19.4 Å². The van der Waals surface area contributed by atoms with E-state index >= 15 is 0 Å². The van der Waals surface area contributed by atoms with Crippen LogP contribution in [0.5, 0.6) is 0 Å². The topological polar surface area (TPSA) is 98.4 Å². The van der Waals surface area contributed by atoms with Crippen LogP contribution in [0.25, 0.3) is 5.82 Å². The van der Waals surface area contributed by atoms with Crippen molar-refractivity contribution in [3.8, 4) is 5.82 Å². The summed E-state index contributed by atoms with van der Waals surface area (Å²) in [6.45, 7) is 4.50. The summed E-state index contributed by atoms with van der Waals surface area (Å²) in [5.74, 6) is 0.877. The van der Waals surface area contributed by atoms with Crippen LogP contribution in [-0.4, -0.2) is 79.8 Å². The average molecular weight is 373 g/mol. The standard InChI is InChI=1S/C17H23N7O3/c25-16-2-1-15(24-13-18-12-19-24)20-23(16)11-14-3-5-21(6-4-14)17(26)22-7-9-27-10-8-22/h1-2,12-14H,3-11H2. The van der Waals surface area contributed by atoms with E-state index in [1.165, 1.54) is 21.8 Å². The second kappa shape index (κ2) is 7.87. The molecule has 0 radical (unpaired) electrons. The molecule has 10 heteroatoms. The number of aromatic nitrogens is 5. The van der Waals surface area contributed by atoms with Crippen molar-refractivity contribution >= 4 is 6.03 Å². The van der Waals surface area contributed by atoms with Crippen molar-refractivity contribution in [2.75, 3.05) is 39.4 Å². The summed E-state index contributed by atoms with van der Waals surface area (Å²) in [4.78, 5) is 32.4. The van der Waals surface area contributed by atoms with Gasteiger partial charge in [0.1, 0.15) is 12.7 Å². The molecule has 0 unspecified atom stereocenters. The first-order valence-corrected chi connectivity index (χ1v) is 9.25. The molecule has 10 nitrogen and oxygen atoms in total. The van der Waals surface area contributed by atoms with E-state index in [1.807, 2.05) is 9.80 Å². The molecule has 0 bridgehead atoms. The van der Waals surface area contributed by atoms with Gasteiger partial charge >= 0.3 is 6.03 Å². The van der Waals surface area contributed by atoms with Gasteiger partial charge in [0.05, 0.1) is 13.2 Å². The Morgan fingerprint density at radius 3 is 2.56 bits per heavy atom. The summed E-state index contributed by atoms with van der Waals surface area (Å²) in [6, 6.07) is 3.23. The van der Waals surface area contributed by atoms with Crippen molar-refractivity contribution < 1.29 is 9.53 Å². The Hall–Kier alpha value is -2.75. The lowest BCUT2D eigenvalue weighted by molar-refractivity contribution is 0.0396. The van der Waals surface area contributed by atoms with Crippen LogP contribution in [-0.2, 0) is 11.3 Å². The largest absolute Gasteiger partial charge is 0.378 e. The third-order valence-electron chi connectivity index (χ3n) is 5.10. The number of piperidine rings is 1.